The van der Waals surface area contributed by atoms with E-state index in [4.69, 9.17) is 11.6 Å². The first-order valence-corrected chi connectivity index (χ1v) is 7.19. The van der Waals surface area contributed by atoms with Crippen molar-refractivity contribution in [2.24, 2.45) is 0 Å². The summed E-state index contributed by atoms with van der Waals surface area (Å²) >= 11 is 6.27. The van der Waals surface area contributed by atoms with Crippen molar-refractivity contribution in [3.8, 4) is 0 Å². The fourth-order valence-corrected chi connectivity index (χ4v) is 2.46. The van der Waals surface area contributed by atoms with E-state index in [-0.39, 0.29) is 0 Å². The van der Waals surface area contributed by atoms with Gasteiger partial charge in [-0.05, 0) is 24.2 Å². The molecule has 2 aromatic rings. The number of benzene rings is 1. The van der Waals surface area contributed by atoms with Crippen molar-refractivity contribution in [2.45, 2.75) is 18.1 Å². The van der Waals surface area contributed by atoms with Gasteiger partial charge in [0.1, 0.15) is 5.69 Å². The monoisotopic (exact) mass is 328 g/mol. The Morgan fingerprint density at radius 3 is 2.36 bits per heavy atom. The Labute approximate surface area is 132 Å². The van der Waals surface area contributed by atoms with Crippen molar-refractivity contribution in [1.82, 2.24) is 9.88 Å². The lowest BCUT2D eigenvalue weighted by Crippen LogP contribution is -2.22. The maximum atomic E-state index is 12.5. The van der Waals surface area contributed by atoms with Crippen LogP contribution < -0.4 is 0 Å². The molecule has 1 atom stereocenters. The van der Waals surface area contributed by atoms with Crippen LogP contribution in [0.1, 0.15) is 22.2 Å². The predicted molar refractivity (Wildman–Crippen MR) is 80.6 cm³/mol. The molecule has 1 aromatic carbocycles. The number of pyridine rings is 1. The van der Waals surface area contributed by atoms with E-state index in [9.17, 15) is 13.2 Å². The second-order valence-corrected chi connectivity index (χ2v) is 5.65. The van der Waals surface area contributed by atoms with Gasteiger partial charge in [-0.25, -0.2) is 0 Å². The zero-order valence-corrected chi connectivity index (χ0v) is 12.8. The van der Waals surface area contributed by atoms with E-state index >= 15 is 0 Å². The Bertz CT molecular complexity index is 585. The van der Waals surface area contributed by atoms with Crippen LogP contribution in [0.15, 0.2) is 48.7 Å². The Balaban J connectivity index is 1.95. The van der Waals surface area contributed by atoms with E-state index in [0.29, 0.717) is 12.1 Å². The average molecular weight is 329 g/mol. The second kappa shape index (κ2) is 7.11. The molecule has 1 heterocycles. The van der Waals surface area contributed by atoms with Crippen LogP contribution >= 0.6 is 11.6 Å². The molecule has 6 heteroatoms. The predicted octanol–water partition coefficient (Wildman–Crippen LogP) is 4.51. The standard InChI is InChI=1S/C16H16ClF3N2/c1-22(10-12-5-3-2-4-6-12)11-14(17)13-7-8-15(21-9-13)16(18,19)20/h2-9,14H,10-11H2,1H3. The highest BCUT2D eigenvalue weighted by atomic mass is 35.5. The summed E-state index contributed by atoms with van der Waals surface area (Å²) in [5.74, 6) is 0. The normalized spacial score (nSPS) is 13.4. The van der Waals surface area contributed by atoms with Crippen molar-refractivity contribution >= 4 is 11.6 Å². The van der Waals surface area contributed by atoms with Crippen LogP contribution in [0, 0.1) is 0 Å². The van der Waals surface area contributed by atoms with Crippen LogP contribution in [-0.2, 0) is 12.7 Å². The highest BCUT2D eigenvalue weighted by Gasteiger charge is 2.32. The molecule has 1 aromatic heterocycles. The molecule has 0 amide bonds. The second-order valence-electron chi connectivity index (χ2n) is 5.12. The van der Waals surface area contributed by atoms with Gasteiger partial charge in [0, 0.05) is 19.3 Å². The van der Waals surface area contributed by atoms with Gasteiger partial charge in [0.2, 0.25) is 0 Å². The summed E-state index contributed by atoms with van der Waals surface area (Å²) in [6.07, 6.45) is -3.23. The number of halogens is 4. The van der Waals surface area contributed by atoms with Crippen molar-refractivity contribution < 1.29 is 13.2 Å². The van der Waals surface area contributed by atoms with E-state index in [2.05, 4.69) is 4.98 Å². The molecule has 0 saturated carbocycles. The van der Waals surface area contributed by atoms with Gasteiger partial charge in [0.25, 0.3) is 0 Å². The summed E-state index contributed by atoms with van der Waals surface area (Å²) in [6, 6.07) is 12.2. The molecule has 0 fully saturated rings. The topological polar surface area (TPSA) is 16.1 Å². The van der Waals surface area contributed by atoms with E-state index in [1.54, 1.807) is 0 Å². The minimum Gasteiger partial charge on any atom is -0.300 e. The highest BCUT2D eigenvalue weighted by Crippen LogP contribution is 2.29. The van der Waals surface area contributed by atoms with Crippen LogP contribution in [0.2, 0.25) is 0 Å². The van der Waals surface area contributed by atoms with Gasteiger partial charge < -0.3 is 4.90 Å². The summed E-state index contributed by atoms with van der Waals surface area (Å²) in [5.41, 5.74) is 0.826. The molecule has 2 rings (SSSR count). The molecule has 0 N–H and O–H groups in total. The van der Waals surface area contributed by atoms with E-state index in [1.165, 1.54) is 12.3 Å². The summed E-state index contributed by atoms with van der Waals surface area (Å²) in [6.45, 7) is 1.24. The lowest BCUT2D eigenvalue weighted by atomic mass is 10.1. The number of hydrogen-bond acceptors (Lipinski definition) is 2. The molecule has 0 aliphatic carbocycles. The van der Waals surface area contributed by atoms with Gasteiger partial charge in [-0.1, -0.05) is 36.4 Å². The van der Waals surface area contributed by atoms with Gasteiger partial charge in [-0.15, -0.1) is 11.6 Å². The first-order chi connectivity index (χ1) is 10.4. The Hall–Kier alpha value is -1.59. The van der Waals surface area contributed by atoms with Gasteiger partial charge in [-0.3, -0.25) is 4.98 Å². The lowest BCUT2D eigenvalue weighted by molar-refractivity contribution is -0.141. The molecule has 0 radical (unpaired) electrons. The number of aromatic nitrogens is 1. The minimum atomic E-state index is -4.43. The Morgan fingerprint density at radius 2 is 1.82 bits per heavy atom. The summed E-state index contributed by atoms with van der Waals surface area (Å²) in [7, 11) is 1.92. The largest absolute Gasteiger partial charge is 0.433 e. The van der Waals surface area contributed by atoms with Crippen LogP contribution in [-0.4, -0.2) is 23.5 Å². The Kier molecular flexibility index (Phi) is 5.42. The number of nitrogens with zero attached hydrogens (tertiary/aromatic N) is 2. The van der Waals surface area contributed by atoms with Gasteiger partial charge in [-0.2, -0.15) is 13.2 Å². The van der Waals surface area contributed by atoms with E-state index in [0.717, 1.165) is 18.2 Å². The lowest BCUT2D eigenvalue weighted by Gasteiger charge is -2.20. The maximum Gasteiger partial charge on any atom is 0.433 e. The first-order valence-electron chi connectivity index (χ1n) is 6.76. The minimum absolute atomic E-state index is 0.413. The third kappa shape index (κ3) is 4.71. The zero-order chi connectivity index (χ0) is 16.2. The third-order valence-corrected chi connectivity index (χ3v) is 3.60. The molecule has 0 saturated heterocycles. The van der Waals surface area contributed by atoms with Crippen molar-refractivity contribution in [3.63, 3.8) is 0 Å². The summed E-state index contributed by atoms with van der Waals surface area (Å²) in [4.78, 5) is 5.45. The van der Waals surface area contributed by atoms with Gasteiger partial charge in [0.15, 0.2) is 0 Å². The molecule has 118 valence electrons. The third-order valence-electron chi connectivity index (χ3n) is 3.21. The van der Waals surface area contributed by atoms with E-state index in [1.807, 2.05) is 42.3 Å². The molecule has 0 aliphatic heterocycles. The summed E-state index contributed by atoms with van der Waals surface area (Å²) in [5, 5.41) is -0.413. The fraction of sp³-hybridized carbons (Fsp3) is 0.312. The average Bonchev–Trinajstić information content (AvgIpc) is 2.47. The van der Waals surface area contributed by atoms with Crippen LogP contribution in [0.3, 0.4) is 0 Å². The number of alkyl halides is 4. The molecule has 22 heavy (non-hydrogen) atoms. The molecule has 1 unspecified atom stereocenters. The van der Waals surface area contributed by atoms with Crippen molar-refractivity contribution in [3.05, 3.63) is 65.5 Å². The Morgan fingerprint density at radius 1 is 1.14 bits per heavy atom. The number of likely N-dealkylation sites (N-methyl/N-ethyl adjacent to an activating group) is 1. The fourth-order valence-electron chi connectivity index (χ4n) is 2.10. The molecule has 0 aliphatic rings. The van der Waals surface area contributed by atoms with E-state index < -0.39 is 17.2 Å². The highest BCUT2D eigenvalue weighted by molar-refractivity contribution is 6.20. The van der Waals surface area contributed by atoms with Crippen molar-refractivity contribution in [1.29, 1.82) is 0 Å². The van der Waals surface area contributed by atoms with Crippen molar-refractivity contribution in [2.75, 3.05) is 13.6 Å². The number of hydrogen-bond donors (Lipinski definition) is 0. The quantitative estimate of drug-likeness (QED) is 0.751. The molecule has 0 bridgehead atoms. The maximum absolute atomic E-state index is 12.5. The van der Waals surface area contributed by atoms with Crippen LogP contribution in [0.25, 0.3) is 0 Å². The molecular weight excluding hydrogens is 313 g/mol. The number of rotatable bonds is 5. The molecular formula is C16H16ClF3N2. The first kappa shape index (κ1) is 16.8. The SMILES string of the molecule is CN(Cc1ccccc1)CC(Cl)c1ccc(C(F)(F)F)nc1. The molecule has 2 nitrogen and oxygen atoms in total. The van der Waals surface area contributed by atoms with Crippen LogP contribution in [0.5, 0.6) is 0 Å². The summed E-state index contributed by atoms with van der Waals surface area (Å²) < 4.78 is 37.4. The molecule has 0 spiro atoms. The smallest absolute Gasteiger partial charge is 0.300 e. The van der Waals surface area contributed by atoms with Gasteiger partial charge in [0.05, 0.1) is 5.38 Å². The van der Waals surface area contributed by atoms with Crippen LogP contribution in [0.4, 0.5) is 13.2 Å². The zero-order valence-electron chi connectivity index (χ0n) is 12.0. The van der Waals surface area contributed by atoms with Gasteiger partial charge >= 0.3 is 6.18 Å².